The average molecular weight is 287 g/mol. The number of hydrogen-bond donors (Lipinski definition) is 1. The van der Waals surface area contributed by atoms with E-state index in [0.29, 0.717) is 35.2 Å². The molecular weight excluding hydrogens is 271 g/mol. The van der Waals surface area contributed by atoms with Gasteiger partial charge in [0, 0.05) is 0 Å². The molecular formula is C14H16Cl2O2. The van der Waals surface area contributed by atoms with Crippen molar-refractivity contribution >= 4 is 29.2 Å². The van der Waals surface area contributed by atoms with Crippen LogP contribution in [0.2, 0.25) is 10.0 Å². The lowest BCUT2D eigenvalue weighted by atomic mass is 9.79. The minimum atomic E-state index is -0.720. The highest BCUT2D eigenvalue weighted by Gasteiger charge is 2.44. The number of carboxylic acids is 1. The maximum absolute atomic E-state index is 11.6. The molecule has 0 aromatic heterocycles. The highest BCUT2D eigenvalue weighted by Crippen LogP contribution is 2.45. The summed E-state index contributed by atoms with van der Waals surface area (Å²) in [6.45, 7) is 2.10. The third-order valence-electron chi connectivity index (χ3n) is 3.87. The number of rotatable bonds is 3. The topological polar surface area (TPSA) is 37.3 Å². The molecule has 0 saturated heterocycles. The van der Waals surface area contributed by atoms with Crippen molar-refractivity contribution in [2.45, 2.75) is 32.6 Å². The molecule has 18 heavy (non-hydrogen) atoms. The van der Waals surface area contributed by atoms with Crippen LogP contribution in [0.3, 0.4) is 0 Å². The van der Waals surface area contributed by atoms with E-state index in [2.05, 4.69) is 6.92 Å². The van der Waals surface area contributed by atoms with Gasteiger partial charge in [0.25, 0.3) is 0 Å². The zero-order chi connectivity index (χ0) is 13.3. The van der Waals surface area contributed by atoms with Crippen molar-refractivity contribution in [1.82, 2.24) is 0 Å². The first-order chi connectivity index (χ1) is 8.44. The monoisotopic (exact) mass is 286 g/mol. The Bertz CT molecular complexity index is 473. The summed E-state index contributed by atoms with van der Waals surface area (Å²) < 4.78 is 0. The molecule has 2 nitrogen and oxygen atoms in total. The van der Waals surface area contributed by atoms with E-state index >= 15 is 0 Å². The van der Waals surface area contributed by atoms with Crippen molar-refractivity contribution in [3.8, 4) is 0 Å². The molecule has 2 rings (SSSR count). The molecule has 1 fully saturated rings. The lowest BCUT2D eigenvalue weighted by molar-refractivity contribution is -0.148. The number of benzene rings is 1. The van der Waals surface area contributed by atoms with Gasteiger partial charge in [-0.25, -0.2) is 0 Å². The van der Waals surface area contributed by atoms with E-state index in [1.807, 2.05) is 12.1 Å². The van der Waals surface area contributed by atoms with Crippen LogP contribution in [-0.2, 0) is 11.2 Å². The number of carboxylic acid groups (broad SMARTS) is 1. The Labute approximate surface area is 117 Å². The van der Waals surface area contributed by atoms with E-state index < -0.39 is 11.4 Å². The van der Waals surface area contributed by atoms with E-state index in [9.17, 15) is 9.90 Å². The van der Waals surface area contributed by atoms with E-state index in [4.69, 9.17) is 23.2 Å². The fourth-order valence-electron chi connectivity index (χ4n) is 2.87. The van der Waals surface area contributed by atoms with Crippen LogP contribution in [0.5, 0.6) is 0 Å². The Hall–Kier alpha value is -0.730. The van der Waals surface area contributed by atoms with Gasteiger partial charge in [-0.1, -0.05) is 42.3 Å². The fraction of sp³-hybridized carbons (Fsp3) is 0.500. The summed E-state index contributed by atoms with van der Waals surface area (Å²) in [7, 11) is 0. The molecule has 1 aliphatic carbocycles. The highest BCUT2D eigenvalue weighted by molar-refractivity contribution is 6.42. The molecule has 4 heteroatoms. The van der Waals surface area contributed by atoms with Gasteiger partial charge in [-0.15, -0.1) is 0 Å². The molecule has 2 atom stereocenters. The van der Waals surface area contributed by atoms with Crippen molar-refractivity contribution in [3.63, 3.8) is 0 Å². The fourth-order valence-corrected chi connectivity index (χ4v) is 3.26. The highest BCUT2D eigenvalue weighted by atomic mass is 35.5. The molecule has 0 heterocycles. The van der Waals surface area contributed by atoms with Crippen LogP contribution in [0, 0.1) is 11.3 Å². The van der Waals surface area contributed by atoms with E-state index in [1.165, 1.54) is 0 Å². The number of halogens is 2. The molecule has 1 N–H and O–H groups in total. The summed E-state index contributed by atoms with van der Waals surface area (Å²) >= 11 is 12.1. The first-order valence-corrected chi connectivity index (χ1v) is 6.86. The van der Waals surface area contributed by atoms with Gasteiger partial charge in [-0.2, -0.15) is 0 Å². The number of carbonyl (C=O) groups is 1. The summed E-state index contributed by atoms with van der Waals surface area (Å²) in [5.41, 5.74) is 0.161. The smallest absolute Gasteiger partial charge is 0.309 e. The Morgan fingerprint density at radius 2 is 2.22 bits per heavy atom. The van der Waals surface area contributed by atoms with Gasteiger partial charge in [0.2, 0.25) is 0 Å². The van der Waals surface area contributed by atoms with Gasteiger partial charge in [0.05, 0.1) is 15.5 Å². The van der Waals surface area contributed by atoms with Crippen LogP contribution in [0.15, 0.2) is 18.2 Å². The molecule has 0 radical (unpaired) electrons. The first kappa shape index (κ1) is 13.7. The zero-order valence-corrected chi connectivity index (χ0v) is 11.8. The second-order valence-corrected chi connectivity index (χ2v) is 6.11. The van der Waals surface area contributed by atoms with Crippen molar-refractivity contribution in [2.24, 2.45) is 11.3 Å². The second-order valence-electron chi connectivity index (χ2n) is 5.32. The van der Waals surface area contributed by atoms with Crippen LogP contribution in [0.1, 0.15) is 31.7 Å². The standard InChI is InChI=1S/C14H16Cl2O2/c1-9-5-6-14(7-9,13(17)18)8-10-3-2-4-11(15)12(10)16/h2-4,9H,5-8H2,1H3,(H,17,18). The predicted octanol–water partition coefficient (Wildman–Crippen LogP) is 4.43. The molecule has 0 aliphatic heterocycles. The van der Waals surface area contributed by atoms with Gasteiger partial charge < -0.3 is 5.11 Å². The molecule has 0 amide bonds. The molecule has 1 aromatic carbocycles. The second kappa shape index (κ2) is 5.10. The summed E-state index contributed by atoms with van der Waals surface area (Å²) in [6.07, 6.45) is 2.86. The van der Waals surface area contributed by atoms with Crippen LogP contribution in [-0.4, -0.2) is 11.1 Å². The Morgan fingerprint density at radius 3 is 2.78 bits per heavy atom. The minimum Gasteiger partial charge on any atom is -0.481 e. The lowest BCUT2D eigenvalue weighted by Gasteiger charge is -2.25. The Kier molecular flexibility index (Phi) is 3.88. The van der Waals surface area contributed by atoms with Gasteiger partial charge in [-0.05, 0) is 43.2 Å². The normalized spacial score (nSPS) is 27.4. The van der Waals surface area contributed by atoms with Crippen LogP contribution < -0.4 is 0 Å². The van der Waals surface area contributed by atoms with Gasteiger partial charge in [0.1, 0.15) is 0 Å². The van der Waals surface area contributed by atoms with E-state index in [1.54, 1.807) is 6.07 Å². The third-order valence-corrected chi connectivity index (χ3v) is 4.73. The van der Waals surface area contributed by atoms with Crippen molar-refractivity contribution < 1.29 is 9.90 Å². The molecule has 1 aromatic rings. The minimum absolute atomic E-state index is 0.457. The first-order valence-electron chi connectivity index (χ1n) is 6.11. The van der Waals surface area contributed by atoms with Gasteiger partial charge in [0.15, 0.2) is 0 Å². The summed E-state index contributed by atoms with van der Waals surface area (Å²) in [5, 5.41) is 10.5. The third kappa shape index (κ3) is 2.50. The van der Waals surface area contributed by atoms with Gasteiger partial charge in [-0.3, -0.25) is 4.79 Å². The predicted molar refractivity (Wildman–Crippen MR) is 73.2 cm³/mol. The van der Waals surface area contributed by atoms with Gasteiger partial charge >= 0.3 is 5.97 Å². The SMILES string of the molecule is CC1CCC(Cc2cccc(Cl)c2Cl)(C(=O)O)C1. The molecule has 2 unspecified atom stereocenters. The average Bonchev–Trinajstić information content (AvgIpc) is 2.68. The molecule has 0 spiro atoms. The zero-order valence-electron chi connectivity index (χ0n) is 10.2. The van der Waals surface area contributed by atoms with E-state index in [-0.39, 0.29) is 0 Å². The quantitative estimate of drug-likeness (QED) is 0.893. The van der Waals surface area contributed by atoms with Crippen molar-refractivity contribution in [2.75, 3.05) is 0 Å². The maximum Gasteiger partial charge on any atom is 0.309 e. The molecule has 1 aliphatic rings. The van der Waals surface area contributed by atoms with Crippen LogP contribution >= 0.6 is 23.2 Å². The summed E-state index contributed by atoms with van der Waals surface area (Å²) in [6, 6.07) is 5.40. The number of aliphatic carboxylic acids is 1. The van der Waals surface area contributed by atoms with Crippen LogP contribution in [0.25, 0.3) is 0 Å². The van der Waals surface area contributed by atoms with Crippen molar-refractivity contribution in [3.05, 3.63) is 33.8 Å². The Balaban J connectivity index is 2.30. The maximum atomic E-state index is 11.6. The van der Waals surface area contributed by atoms with Crippen LogP contribution in [0.4, 0.5) is 0 Å². The van der Waals surface area contributed by atoms with E-state index in [0.717, 1.165) is 12.0 Å². The molecule has 0 bridgehead atoms. The van der Waals surface area contributed by atoms with Crippen molar-refractivity contribution in [1.29, 1.82) is 0 Å². The lowest BCUT2D eigenvalue weighted by Crippen LogP contribution is -2.30. The molecule has 98 valence electrons. The Morgan fingerprint density at radius 1 is 1.50 bits per heavy atom. The summed E-state index contributed by atoms with van der Waals surface area (Å²) in [4.78, 5) is 11.6. The molecule has 1 saturated carbocycles. The largest absolute Gasteiger partial charge is 0.481 e. The summed E-state index contributed by atoms with van der Waals surface area (Å²) in [5.74, 6) is -0.262. The number of hydrogen-bond acceptors (Lipinski definition) is 1.